The van der Waals surface area contributed by atoms with Gasteiger partial charge in [0.1, 0.15) is 0 Å². The highest BCUT2D eigenvalue weighted by Crippen LogP contribution is 2.22. The van der Waals surface area contributed by atoms with E-state index in [0.717, 1.165) is 36.0 Å². The van der Waals surface area contributed by atoms with Gasteiger partial charge in [0.25, 0.3) is 0 Å². The maximum Gasteiger partial charge on any atom is 0.233 e. The van der Waals surface area contributed by atoms with Gasteiger partial charge in [0.2, 0.25) is 11.9 Å². The second-order valence-corrected chi connectivity index (χ2v) is 7.69. The number of benzene rings is 1. The summed E-state index contributed by atoms with van der Waals surface area (Å²) in [6.45, 7) is 4.76. The van der Waals surface area contributed by atoms with E-state index in [1.807, 2.05) is 48.2 Å². The van der Waals surface area contributed by atoms with Crippen LogP contribution in [0.3, 0.4) is 0 Å². The molecule has 1 amide bonds. The Bertz CT molecular complexity index is 961. The fraction of sp³-hybridized carbons (Fsp3) is 0.286. The lowest BCUT2D eigenvalue weighted by atomic mass is 10.1. The predicted octanol–water partition coefficient (Wildman–Crippen LogP) is 2.68. The number of hydrogen-bond acceptors (Lipinski definition) is 7. The van der Waals surface area contributed by atoms with Crippen LogP contribution in [0.15, 0.2) is 60.0 Å². The summed E-state index contributed by atoms with van der Waals surface area (Å²) in [5.41, 5.74) is 2.82. The summed E-state index contributed by atoms with van der Waals surface area (Å²) in [4.78, 5) is 34.3. The van der Waals surface area contributed by atoms with E-state index in [0.29, 0.717) is 24.0 Å². The molecule has 3 heterocycles. The standard InChI is InChI=1S/C21H22N6OS/c1-16-14-18(17-6-3-2-4-7-17)25-21(24-16)29-15-19(28)26-10-12-27(13-11-26)20-22-8-5-9-23-20/h2-9,14H,10-13,15H2,1H3. The molecule has 1 saturated heterocycles. The second kappa shape index (κ2) is 9.00. The van der Waals surface area contributed by atoms with Gasteiger partial charge in [-0.25, -0.2) is 19.9 Å². The lowest BCUT2D eigenvalue weighted by Crippen LogP contribution is -2.49. The van der Waals surface area contributed by atoms with Crippen molar-refractivity contribution >= 4 is 23.6 Å². The van der Waals surface area contributed by atoms with E-state index in [4.69, 9.17) is 0 Å². The van der Waals surface area contributed by atoms with Crippen molar-refractivity contribution < 1.29 is 4.79 Å². The SMILES string of the molecule is Cc1cc(-c2ccccc2)nc(SCC(=O)N2CCN(c3ncccn3)CC2)n1. The first-order valence-corrected chi connectivity index (χ1v) is 10.5. The molecule has 148 valence electrons. The molecule has 1 aromatic carbocycles. The van der Waals surface area contributed by atoms with Crippen LogP contribution in [0, 0.1) is 6.92 Å². The molecule has 3 aromatic rings. The lowest BCUT2D eigenvalue weighted by Gasteiger charge is -2.34. The minimum Gasteiger partial charge on any atom is -0.338 e. The molecule has 4 rings (SSSR count). The van der Waals surface area contributed by atoms with Gasteiger partial charge < -0.3 is 9.80 Å². The third-order valence-electron chi connectivity index (χ3n) is 4.70. The topological polar surface area (TPSA) is 75.1 Å². The Balaban J connectivity index is 1.34. The van der Waals surface area contributed by atoms with Crippen LogP contribution in [0.4, 0.5) is 5.95 Å². The van der Waals surface area contributed by atoms with Crippen LogP contribution in [0.2, 0.25) is 0 Å². The van der Waals surface area contributed by atoms with Gasteiger partial charge in [0.15, 0.2) is 5.16 Å². The van der Waals surface area contributed by atoms with Gasteiger partial charge in [-0.15, -0.1) is 0 Å². The Labute approximate surface area is 174 Å². The van der Waals surface area contributed by atoms with Crippen molar-refractivity contribution in [3.63, 3.8) is 0 Å². The maximum atomic E-state index is 12.7. The van der Waals surface area contributed by atoms with Gasteiger partial charge in [-0.3, -0.25) is 4.79 Å². The van der Waals surface area contributed by atoms with Crippen molar-refractivity contribution in [3.8, 4) is 11.3 Å². The zero-order valence-electron chi connectivity index (χ0n) is 16.2. The molecule has 0 unspecified atom stereocenters. The number of amides is 1. The highest BCUT2D eigenvalue weighted by Gasteiger charge is 2.22. The van der Waals surface area contributed by atoms with E-state index >= 15 is 0 Å². The fourth-order valence-electron chi connectivity index (χ4n) is 3.19. The summed E-state index contributed by atoms with van der Waals surface area (Å²) in [5.74, 6) is 1.16. The van der Waals surface area contributed by atoms with Gasteiger partial charge >= 0.3 is 0 Å². The van der Waals surface area contributed by atoms with Crippen molar-refractivity contribution in [2.75, 3.05) is 36.8 Å². The van der Waals surface area contributed by atoms with Crippen LogP contribution >= 0.6 is 11.8 Å². The Hall–Kier alpha value is -3.00. The quantitative estimate of drug-likeness (QED) is 0.476. The molecule has 0 atom stereocenters. The summed E-state index contributed by atoms with van der Waals surface area (Å²) in [7, 11) is 0. The number of anilines is 1. The van der Waals surface area contributed by atoms with Gasteiger partial charge in [0, 0.05) is 49.8 Å². The third kappa shape index (κ3) is 4.89. The van der Waals surface area contributed by atoms with E-state index in [2.05, 4.69) is 24.8 Å². The predicted molar refractivity (Wildman–Crippen MR) is 114 cm³/mol. The van der Waals surface area contributed by atoms with E-state index in [-0.39, 0.29) is 5.91 Å². The molecule has 0 spiro atoms. The van der Waals surface area contributed by atoms with Crippen molar-refractivity contribution in [2.45, 2.75) is 12.1 Å². The first-order valence-electron chi connectivity index (χ1n) is 9.53. The van der Waals surface area contributed by atoms with Crippen molar-refractivity contribution in [1.29, 1.82) is 0 Å². The molecular weight excluding hydrogens is 384 g/mol. The number of carbonyl (C=O) groups is 1. The number of aryl methyl sites for hydroxylation is 1. The van der Waals surface area contributed by atoms with E-state index in [1.165, 1.54) is 11.8 Å². The molecule has 1 fully saturated rings. The molecule has 0 radical (unpaired) electrons. The summed E-state index contributed by atoms with van der Waals surface area (Å²) < 4.78 is 0. The number of carbonyl (C=O) groups excluding carboxylic acids is 1. The zero-order chi connectivity index (χ0) is 20.1. The van der Waals surface area contributed by atoms with Crippen LogP contribution < -0.4 is 4.90 Å². The van der Waals surface area contributed by atoms with Crippen LogP contribution in [0.1, 0.15) is 5.69 Å². The maximum absolute atomic E-state index is 12.7. The Morgan fingerprint density at radius 3 is 2.45 bits per heavy atom. The average Bonchev–Trinajstić information content (AvgIpc) is 2.78. The van der Waals surface area contributed by atoms with Crippen LogP contribution in [0.25, 0.3) is 11.3 Å². The number of rotatable bonds is 5. The third-order valence-corrected chi connectivity index (χ3v) is 5.53. The number of thioether (sulfide) groups is 1. The van der Waals surface area contributed by atoms with Crippen LogP contribution in [0.5, 0.6) is 0 Å². The normalized spacial score (nSPS) is 14.1. The first kappa shape index (κ1) is 19.3. The summed E-state index contributed by atoms with van der Waals surface area (Å²) in [6.07, 6.45) is 3.48. The van der Waals surface area contributed by atoms with E-state index < -0.39 is 0 Å². The minimum atomic E-state index is 0.106. The molecule has 1 aliphatic rings. The smallest absolute Gasteiger partial charge is 0.233 e. The molecule has 0 bridgehead atoms. The van der Waals surface area contributed by atoms with Gasteiger partial charge in [-0.05, 0) is 19.1 Å². The molecule has 8 heteroatoms. The molecule has 7 nitrogen and oxygen atoms in total. The second-order valence-electron chi connectivity index (χ2n) is 6.75. The monoisotopic (exact) mass is 406 g/mol. The highest BCUT2D eigenvalue weighted by atomic mass is 32.2. The summed E-state index contributed by atoms with van der Waals surface area (Å²) in [5, 5.41) is 0.633. The van der Waals surface area contributed by atoms with E-state index in [1.54, 1.807) is 18.5 Å². The zero-order valence-corrected chi connectivity index (χ0v) is 17.0. The summed E-state index contributed by atoms with van der Waals surface area (Å²) >= 11 is 1.39. The number of hydrogen-bond donors (Lipinski definition) is 0. The van der Waals surface area contributed by atoms with Crippen LogP contribution in [-0.4, -0.2) is 62.7 Å². The van der Waals surface area contributed by atoms with Crippen LogP contribution in [-0.2, 0) is 4.79 Å². The number of aromatic nitrogens is 4. The van der Waals surface area contributed by atoms with E-state index in [9.17, 15) is 4.79 Å². The minimum absolute atomic E-state index is 0.106. The highest BCUT2D eigenvalue weighted by molar-refractivity contribution is 7.99. The van der Waals surface area contributed by atoms with Gasteiger partial charge in [0.05, 0.1) is 11.4 Å². The fourth-order valence-corrected chi connectivity index (χ4v) is 4.00. The molecule has 29 heavy (non-hydrogen) atoms. The Morgan fingerprint density at radius 2 is 1.72 bits per heavy atom. The number of nitrogens with zero attached hydrogens (tertiary/aromatic N) is 6. The Morgan fingerprint density at radius 1 is 1.00 bits per heavy atom. The van der Waals surface area contributed by atoms with Gasteiger partial charge in [-0.1, -0.05) is 42.1 Å². The van der Waals surface area contributed by atoms with Crippen molar-refractivity contribution in [3.05, 3.63) is 60.6 Å². The molecule has 0 saturated carbocycles. The molecule has 1 aliphatic heterocycles. The summed E-state index contributed by atoms with van der Waals surface area (Å²) in [6, 6.07) is 13.8. The first-order chi connectivity index (χ1) is 14.2. The van der Waals surface area contributed by atoms with Crippen molar-refractivity contribution in [1.82, 2.24) is 24.8 Å². The molecule has 0 aliphatic carbocycles. The Kier molecular flexibility index (Phi) is 6.00. The largest absolute Gasteiger partial charge is 0.338 e. The molecule has 0 N–H and O–H groups in total. The molecule has 2 aromatic heterocycles. The van der Waals surface area contributed by atoms with Gasteiger partial charge in [-0.2, -0.15) is 0 Å². The molecular formula is C21H22N6OS. The lowest BCUT2D eigenvalue weighted by molar-refractivity contribution is -0.128. The average molecular weight is 407 g/mol. The number of piperazine rings is 1. The van der Waals surface area contributed by atoms with Crippen molar-refractivity contribution in [2.24, 2.45) is 0 Å².